The van der Waals surface area contributed by atoms with E-state index in [0.717, 1.165) is 49.8 Å². The van der Waals surface area contributed by atoms with Crippen LogP contribution in [0, 0.1) is 0 Å². The lowest BCUT2D eigenvalue weighted by Gasteiger charge is -2.36. The molecule has 1 amide bonds. The summed E-state index contributed by atoms with van der Waals surface area (Å²) in [5.41, 5.74) is 1.69. The highest BCUT2D eigenvalue weighted by molar-refractivity contribution is 5.77. The number of rotatable bonds is 6. The number of H-pyrrole nitrogens is 1. The van der Waals surface area contributed by atoms with Crippen LogP contribution in [-0.4, -0.2) is 43.1 Å². The van der Waals surface area contributed by atoms with Crippen LogP contribution in [0.2, 0.25) is 0 Å². The molecule has 2 aromatic heterocycles. The number of para-hydroxylation sites is 2. The Morgan fingerprint density at radius 1 is 1.21 bits per heavy atom. The third kappa shape index (κ3) is 4.13. The lowest BCUT2D eigenvalue weighted by molar-refractivity contribution is -0.135. The molecule has 0 aliphatic carbocycles. The summed E-state index contributed by atoms with van der Waals surface area (Å²) in [4.78, 5) is 34.5. The highest BCUT2D eigenvalue weighted by atomic mass is 16.2. The summed E-state index contributed by atoms with van der Waals surface area (Å²) in [7, 11) is 0. The molecular weight excluding hydrogens is 354 g/mol. The second-order valence-corrected chi connectivity index (χ2v) is 7.32. The number of aryl methyl sites for hydroxylation is 2. The van der Waals surface area contributed by atoms with Crippen molar-refractivity contribution in [1.82, 2.24) is 24.6 Å². The van der Waals surface area contributed by atoms with Gasteiger partial charge >= 0.3 is 0 Å². The van der Waals surface area contributed by atoms with Crippen LogP contribution in [-0.2, 0) is 17.8 Å². The molecule has 3 heterocycles. The highest BCUT2D eigenvalue weighted by Gasteiger charge is 2.26. The van der Waals surface area contributed by atoms with Crippen molar-refractivity contribution < 1.29 is 4.79 Å². The number of nitrogens with one attached hydrogen (secondary N) is 1. The van der Waals surface area contributed by atoms with Gasteiger partial charge in [-0.15, -0.1) is 0 Å². The van der Waals surface area contributed by atoms with Gasteiger partial charge in [0.25, 0.3) is 5.56 Å². The molecule has 1 atom stereocenters. The second kappa shape index (κ2) is 8.37. The van der Waals surface area contributed by atoms with E-state index in [9.17, 15) is 9.59 Å². The van der Waals surface area contributed by atoms with Gasteiger partial charge in [-0.05, 0) is 43.9 Å². The maximum atomic E-state index is 12.9. The zero-order valence-corrected chi connectivity index (χ0v) is 15.9. The van der Waals surface area contributed by atoms with Gasteiger partial charge in [0, 0.05) is 44.4 Å². The maximum absolute atomic E-state index is 12.9. The van der Waals surface area contributed by atoms with E-state index in [-0.39, 0.29) is 17.5 Å². The van der Waals surface area contributed by atoms with Crippen LogP contribution in [0.25, 0.3) is 11.0 Å². The molecule has 4 rings (SSSR count). The fourth-order valence-electron chi connectivity index (χ4n) is 3.95. The Bertz CT molecular complexity index is 995. The number of carbonyl (C=O) groups is 1. The summed E-state index contributed by atoms with van der Waals surface area (Å²) in [6.45, 7) is 1.61. The predicted octanol–water partition coefficient (Wildman–Crippen LogP) is 2.52. The molecule has 0 saturated carbocycles. The highest BCUT2D eigenvalue weighted by Crippen LogP contribution is 2.21. The molecule has 1 fully saturated rings. The molecule has 1 N–H and O–H groups in total. The molecule has 0 bridgehead atoms. The van der Waals surface area contributed by atoms with Crippen molar-refractivity contribution in [3.63, 3.8) is 0 Å². The molecule has 0 radical (unpaired) electrons. The quantitative estimate of drug-likeness (QED) is 0.713. The Kier molecular flexibility index (Phi) is 5.50. The third-order valence-corrected chi connectivity index (χ3v) is 5.44. The Balaban J connectivity index is 1.40. The average molecular weight is 379 g/mol. The number of hydrogen-bond donors (Lipinski definition) is 1. The number of carbonyl (C=O) groups excluding carboxylic acids is 1. The third-order valence-electron chi connectivity index (χ3n) is 5.44. The number of piperidine rings is 1. The zero-order chi connectivity index (χ0) is 19.3. The van der Waals surface area contributed by atoms with Crippen LogP contribution in [0.1, 0.15) is 37.8 Å². The van der Waals surface area contributed by atoms with Crippen LogP contribution < -0.4 is 5.56 Å². The molecule has 1 aromatic carbocycles. The normalized spacial score (nSPS) is 17.1. The molecular formula is C21H25N5O2. The van der Waals surface area contributed by atoms with E-state index in [4.69, 9.17) is 0 Å². The topological polar surface area (TPSA) is 83.9 Å². The number of benzene rings is 1. The van der Waals surface area contributed by atoms with E-state index in [2.05, 4.69) is 15.1 Å². The van der Waals surface area contributed by atoms with Crippen molar-refractivity contribution in [3.05, 3.63) is 58.8 Å². The summed E-state index contributed by atoms with van der Waals surface area (Å²) in [6, 6.07) is 9.61. The summed E-state index contributed by atoms with van der Waals surface area (Å²) >= 11 is 0. The summed E-state index contributed by atoms with van der Waals surface area (Å²) in [5, 5.41) is 4.25. The maximum Gasteiger partial charge on any atom is 0.270 e. The van der Waals surface area contributed by atoms with E-state index in [1.165, 1.54) is 0 Å². The number of fused-ring (bicyclic) bond motifs is 1. The molecule has 146 valence electrons. The van der Waals surface area contributed by atoms with Gasteiger partial charge in [-0.1, -0.05) is 12.1 Å². The lowest BCUT2D eigenvalue weighted by Crippen LogP contribution is -2.44. The van der Waals surface area contributed by atoms with Gasteiger partial charge in [-0.2, -0.15) is 5.10 Å². The Hall–Kier alpha value is -2.96. The van der Waals surface area contributed by atoms with Crippen LogP contribution in [0.4, 0.5) is 0 Å². The van der Waals surface area contributed by atoms with Gasteiger partial charge in [0.2, 0.25) is 5.91 Å². The van der Waals surface area contributed by atoms with E-state index in [1.54, 1.807) is 6.20 Å². The molecule has 0 unspecified atom stereocenters. The SMILES string of the molecule is O=C(CCc1nc2ccccc2[nH]c1=O)N1CCCC[C@@H]1CCn1cccn1. The molecule has 3 aromatic rings. The van der Waals surface area contributed by atoms with E-state index in [0.29, 0.717) is 18.5 Å². The van der Waals surface area contributed by atoms with Crippen molar-refractivity contribution in [2.45, 2.75) is 51.1 Å². The van der Waals surface area contributed by atoms with Gasteiger partial charge in [0.05, 0.1) is 11.0 Å². The summed E-state index contributed by atoms with van der Waals surface area (Å²) in [6.07, 6.45) is 8.53. The van der Waals surface area contributed by atoms with Crippen LogP contribution in [0.5, 0.6) is 0 Å². The molecule has 7 heteroatoms. The summed E-state index contributed by atoms with van der Waals surface area (Å²) in [5.74, 6) is 0.111. The van der Waals surface area contributed by atoms with Gasteiger partial charge < -0.3 is 9.88 Å². The fourth-order valence-corrected chi connectivity index (χ4v) is 3.95. The molecule has 28 heavy (non-hydrogen) atoms. The van der Waals surface area contributed by atoms with Gasteiger partial charge in [-0.25, -0.2) is 4.98 Å². The second-order valence-electron chi connectivity index (χ2n) is 7.32. The Morgan fingerprint density at radius 3 is 2.96 bits per heavy atom. The van der Waals surface area contributed by atoms with E-state index in [1.807, 2.05) is 46.1 Å². The lowest BCUT2D eigenvalue weighted by atomic mass is 9.98. The first-order valence-corrected chi connectivity index (χ1v) is 9.95. The first kappa shape index (κ1) is 18.4. The van der Waals surface area contributed by atoms with Crippen LogP contribution >= 0.6 is 0 Å². The van der Waals surface area contributed by atoms with Crippen molar-refractivity contribution in [1.29, 1.82) is 0 Å². The zero-order valence-electron chi connectivity index (χ0n) is 15.9. The number of aromatic amines is 1. The number of nitrogens with zero attached hydrogens (tertiary/aromatic N) is 4. The monoisotopic (exact) mass is 379 g/mol. The minimum atomic E-state index is -0.208. The largest absolute Gasteiger partial charge is 0.340 e. The standard InChI is InChI=1S/C21H25N5O2/c27-20(10-9-19-21(28)24-18-8-2-1-7-17(18)23-19)26-14-4-3-6-16(26)11-15-25-13-5-12-22-25/h1-2,5,7-8,12-13,16H,3-4,6,9-11,14-15H2,(H,24,28)/t16-/m1/s1. The van der Waals surface area contributed by atoms with Gasteiger partial charge in [0.15, 0.2) is 0 Å². The minimum absolute atomic E-state index is 0.111. The minimum Gasteiger partial charge on any atom is -0.340 e. The van der Waals surface area contributed by atoms with E-state index >= 15 is 0 Å². The first-order chi connectivity index (χ1) is 13.7. The predicted molar refractivity (Wildman–Crippen MR) is 107 cm³/mol. The van der Waals surface area contributed by atoms with Gasteiger partial charge in [-0.3, -0.25) is 14.3 Å². The number of hydrogen-bond acceptors (Lipinski definition) is 4. The average Bonchev–Trinajstić information content (AvgIpc) is 3.24. The molecule has 1 aliphatic rings. The number of likely N-dealkylation sites (tertiary alicyclic amines) is 1. The molecule has 0 spiro atoms. The first-order valence-electron chi connectivity index (χ1n) is 9.95. The smallest absolute Gasteiger partial charge is 0.270 e. The van der Waals surface area contributed by atoms with Crippen molar-refractivity contribution in [3.8, 4) is 0 Å². The van der Waals surface area contributed by atoms with Crippen molar-refractivity contribution >= 4 is 16.9 Å². The Labute approximate surface area is 163 Å². The van der Waals surface area contributed by atoms with Crippen molar-refractivity contribution in [2.24, 2.45) is 0 Å². The number of amides is 1. The fraction of sp³-hybridized carbons (Fsp3) is 0.429. The summed E-state index contributed by atoms with van der Waals surface area (Å²) < 4.78 is 1.91. The van der Waals surface area contributed by atoms with Gasteiger partial charge in [0.1, 0.15) is 5.69 Å². The Morgan fingerprint density at radius 2 is 2.11 bits per heavy atom. The number of aromatic nitrogens is 4. The van der Waals surface area contributed by atoms with Crippen LogP contribution in [0.3, 0.4) is 0 Å². The van der Waals surface area contributed by atoms with Crippen LogP contribution in [0.15, 0.2) is 47.5 Å². The van der Waals surface area contributed by atoms with E-state index < -0.39 is 0 Å². The molecule has 7 nitrogen and oxygen atoms in total. The van der Waals surface area contributed by atoms with Crippen molar-refractivity contribution in [2.75, 3.05) is 6.54 Å². The molecule has 1 aliphatic heterocycles. The molecule has 1 saturated heterocycles.